The van der Waals surface area contributed by atoms with Crippen LogP contribution in [0.3, 0.4) is 0 Å². The number of fused-ring (bicyclic) bond motifs is 1. The van der Waals surface area contributed by atoms with Crippen LogP contribution in [-0.2, 0) is 18.4 Å². The molecule has 0 aliphatic carbocycles. The first-order valence-corrected chi connectivity index (χ1v) is 5.39. The van der Waals surface area contributed by atoms with E-state index >= 15 is 0 Å². The van der Waals surface area contributed by atoms with Crippen molar-refractivity contribution in [2.24, 2.45) is 7.05 Å². The van der Waals surface area contributed by atoms with Crippen molar-refractivity contribution >= 4 is 16.8 Å². The van der Waals surface area contributed by atoms with Crippen LogP contribution in [0.5, 0.6) is 0 Å². The standard InChI is InChI=1S/C12H15N3O/c1-3-12(16)13-8-10-9-6-4-5-7-11(9)15(2)14-10/h4-7H,3,8H2,1-2H3,(H,13,16). The number of nitrogens with zero attached hydrogens (tertiary/aromatic N) is 2. The molecule has 0 saturated heterocycles. The molecule has 0 saturated carbocycles. The Labute approximate surface area is 94.3 Å². The topological polar surface area (TPSA) is 46.9 Å². The molecule has 16 heavy (non-hydrogen) atoms. The number of para-hydroxylation sites is 1. The number of hydrogen-bond donors (Lipinski definition) is 1. The van der Waals surface area contributed by atoms with Crippen LogP contribution in [0.25, 0.3) is 10.9 Å². The van der Waals surface area contributed by atoms with Gasteiger partial charge in [0.1, 0.15) is 0 Å². The highest BCUT2D eigenvalue weighted by atomic mass is 16.1. The van der Waals surface area contributed by atoms with Gasteiger partial charge in [0.15, 0.2) is 0 Å². The van der Waals surface area contributed by atoms with Gasteiger partial charge in [0.2, 0.25) is 5.91 Å². The van der Waals surface area contributed by atoms with Gasteiger partial charge in [-0.2, -0.15) is 5.10 Å². The van der Waals surface area contributed by atoms with E-state index < -0.39 is 0 Å². The molecule has 1 N–H and O–H groups in total. The van der Waals surface area contributed by atoms with Crippen molar-refractivity contribution in [3.63, 3.8) is 0 Å². The fourth-order valence-electron chi connectivity index (χ4n) is 1.73. The van der Waals surface area contributed by atoms with Gasteiger partial charge in [0.05, 0.1) is 17.8 Å². The smallest absolute Gasteiger partial charge is 0.220 e. The molecule has 4 nitrogen and oxygen atoms in total. The molecule has 0 aliphatic rings. The van der Waals surface area contributed by atoms with E-state index in [-0.39, 0.29) is 5.91 Å². The van der Waals surface area contributed by atoms with Crippen LogP contribution in [0.15, 0.2) is 24.3 Å². The number of aromatic nitrogens is 2. The quantitative estimate of drug-likeness (QED) is 0.848. The van der Waals surface area contributed by atoms with Gasteiger partial charge in [-0.1, -0.05) is 25.1 Å². The maximum Gasteiger partial charge on any atom is 0.220 e. The van der Waals surface area contributed by atoms with Gasteiger partial charge >= 0.3 is 0 Å². The highest BCUT2D eigenvalue weighted by Gasteiger charge is 2.07. The number of carbonyl (C=O) groups is 1. The highest BCUT2D eigenvalue weighted by Crippen LogP contribution is 2.16. The summed E-state index contributed by atoms with van der Waals surface area (Å²) < 4.78 is 1.84. The van der Waals surface area contributed by atoms with Crippen LogP contribution in [0, 0.1) is 0 Å². The summed E-state index contributed by atoms with van der Waals surface area (Å²) >= 11 is 0. The van der Waals surface area contributed by atoms with Gasteiger partial charge < -0.3 is 5.32 Å². The Morgan fingerprint density at radius 2 is 2.19 bits per heavy atom. The van der Waals surface area contributed by atoms with Crippen molar-refractivity contribution in [1.29, 1.82) is 0 Å². The Balaban J connectivity index is 2.27. The Morgan fingerprint density at radius 1 is 1.44 bits per heavy atom. The third-order valence-electron chi connectivity index (χ3n) is 2.61. The molecule has 84 valence electrons. The number of nitrogens with one attached hydrogen (secondary N) is 1. The number of aryl methyl sites for hydroxylation is 1. The number of benzene rings is 1. The van der Waals surface area contributed by atoms with Crippen LogP contribution in [0.1, 0.15) is 19.0 Å². The predicted molar refractivity (Wildman–Crippen MR) is 62.9 cm³/mol. The summed E-state index contributed by atoms with van der Waals surface area (Å²) in [4.78, 5) is 11.2. The molecule has 2 rings (SSSR count). The third-order valence-corrected chi connectivity index (χ3v) is 2.61. The van der Waals surface area contributed by atoms with Gasteiger partial charge in [-0.15, -0.1) is 0 Å². The summed E-state index contributed by atoms with van der Waals surface area (Å²) in [5.41, 5.74) is 2.00. The van der Waals surface area contributed by atoms with Gasteiger partial charge in [0.25, 0.3) is 0 Å². The van der Waals surface area contributed by atoms with E-state index in [1.54, 1.807) is 0 Å². The molecule has 1 amide bonds. The minimum atomic E-state index is 0.0507. The van der Waals surface area contributed by atoms with E-state index in [0.29, 0.717) is 13.0 Å². The third kappa shape index (κ3) is 1.91. The van der Waals surface area contributed by atoms with Crippen molar-refractivity contribution in [2.45, 2.75) is 19.9 Å². The SMILES string of the molecule is CCC(=O)NCc1nn(C)c2ccccc12. The van der Waals surface area contributed by atoms with Gasteiger partial charge in [-0.3, -0.25) is 9.48 Å². The van der Waals surface area contributed by atoms with Crippen LogP contribution < -0.4 is 5.32 Å². The van der Waals surface area contributed by atoms with E-state index in [4.69, 9.17) is 0 Å². The van der Waals surface area contributed by atoms with Gasteiger partial charge in [0, 0.05) is 18.9 Å². The molecule has 0 atom stereocenters. The molecule has 0 fully saturated rings. The lowest BCUT2D eigenvalue weighted by Crippen LogP contribution is -2.21. The summed E-state index contributed by atoms with van der Waals surface area (Å²) in [6.45, 7) is 2.33. The van der Waals surface area contributed by atoms with E-state index in [9.17, 15) is 4.79 Å². The molecular formula is C12H15N3O. The molecule has 0 bridgehead atoms. The molecule has 1 aromatic carbocycles. The van der Waals surface area contributed by atoms with Crippen molar-refractivity contribution < 1.29 is 4.79 Å². The Kier molecular flexibility index (Phi) is 2.90. The fraction of sp³-hybridized carbons (Fsp3) is 0.333. The average molecular weight is 217 g/mol. The van der Waals surface area contributed by atoms with Crippen molar-refractivity contribution in [3.8, 4) is 0 Å². The molecule has 0 radical (unpaired) electrons. The zero-order valence-corrected chi connectivity index (χ0v) is 9.53. The number of carbonyl (C=O) groups excluding carboxylic acids is 1. The molecule has 1 aromatic heterocycles. The van der Waals surface area contributed by atoms with E-state index in [0.717, 1.165) is 16.6 Å². The molecule has 1 heterocycles. The van der Waals surface area contributed by atoms with Crippen LogP contribution in [-0.4, -0.2) is 15.7 Å². The molecule has 4 heteroatoms. The fourth-order valence-corrected chi connectivity index (χ4v) is 1.73. The predicted octanol–water partition coefficient (Wildman–Crippen LogP) is 1.60. The van der Waals surface area contributed by atoms with Crippen LogP contribution in [0.4, 0.5) is 0 Å². The summed E-state index contributed by atoms with van der Waals surface area (Å²) in [7, 11) is 1.91. The Morgan fingerprint density at radius 3 is 2.94 bits per heavy atom. The maximum absolute atomic E-state index is 11.2. The number of amides is 1. The van der Waals surface area contributed by atoms with E-state index in [2.05, 4.69) is 10.4 Å². The van der Waals surface area contributed by atoms with Crippen LogP contribution in [0.2, 0.25) is 0 Å². The number of rotatable bonds is 3. The van der Waals surface area contributed by atoms with Gasteiger partial charge in [-0.25, -0.2) is 0 Å². The van der Waals surface area contributed by atoms with Crippen molar-refractivity contribution in [3.05, 3.63) is 30.0 Å². The molecular weight excluding hydrogens is 202 g/mol. The summed E-state index contributed by atoms with van der Waals surface area (Å²) in [6.07, 6.45) is 0.505. The minimum Gasteiger partial charge on any atom is -0.350 e. The summed E-state index contributed by atoms with van der Waals surface area (Å²) in [6, 6.07) is 8.01. The van der Waals surface area contributed by atoms with E-state index in [1.165, 1.54) is 0 Å². The lowest BCUT2D eigenvalue weighted by atomic mass is 10.2. The maximum atomic E-state index is 11.2. The monoisotopic (exact) mass is 217 g/mol. The zero-order valence-electron chi connectivity index (χ0n) is 9.53. The van der Waals surface area contributed by atoms with E-state index in [1.807, 2.05) is 42.9 Å². The zero-order chi connectivity index (χ0) is 11.5. The Bertz CT molecular complexity index is 516. The summed E-state index contributed by atoms with van der Waals surface area (Å²) in [5, 5.41) is 8.34. The second-order valence-corrected chi connectivity index (χ2v) is 3.72. The summed E-state index contributed by atoms with van der Waals surface area (Å²) in [5.74, 6) is 0.0507. The van der Waals surface area contributed by atoms with Crippen LogP contribution >= 0.6 is 0 Å². The average Bonchev–Trinajstić information content (AvgIpc) is 2.64. The molecule has 2 aromatic rings. The minimum absolute atomic E-state index is 0.0507. The first kappa shape index (κ1) is 10.7. The largest absolute Gasteiger partial charge is 0.350 e. The second kappa shape index (κ2) is 4.35. The Hall–Kier alpha value is -1.84. The van der Waals surface area contributed by atoms with Crippen molar-refractivity contribution in [2.75, 3.05) is 0 Å². The molecule has 0 unspecified atom stereocenters. The molecule has 0 spiro atoms. The highest BCUT2D eigenvalue weighted by molar-refractivity contribution is 5.82. The van der Waals surface area contributed by atoms with Gasteiger partial charge in [-0.05, 0) is 6.07 Å². The first-order chi connectivity index (χ1) is 7.72. The first-order valence-electron chi connectivity index (χ1n) is 5.39. The normalized spacial score (nSPS) is 10.6. The lowest BCUT2D eigenvalue weighted by Gasteiger charge is -2.00. The second-order valence-electron chi connectivity index (χ2n) is 3.72. The van der Waals surface area contributed by atoms with Crippen molar-refractivity contribution in [1.82, 2.24) is 15.1 Å². The molecule has 0 aliphatic heterocycles. The lowest BCUT2D eigenvalue weighted by molar-refractivity contribution is -0.120. The number of hydrogen-bond acceptors (Lipinski definition) is 2.